The van der Waals surface area contributed by atoms with Crippen molar-refractivity contribution in [2.24, 2.45) is 0 Å². The molecule has 0 fully saturated rings. The van der Waals surface area contributed by atoms with Gasteiger partial charge in [0.2, 0.25) is 0 Å². The second kappa shape index (κ2) is 5.31. The maximum absolute atomic E-state index is 12.3. The van der Waals surface area contributed by atoms with Gasteiger partial charge in [-0.15, -0.1) is 11.3 Å². The maximum Gasteiger partial charge on any atom is 0.277 e. The summed E-state index contributed by atoms with van der Waals surface area (Å²) in [5, 5.41) is 7.39. The van der Waals surface area contributed by atoms with Crippen molar-refractivity contribution in [1.29, 1.82) is 0 Å². The summed E-state index contributed by atoms with van der Waals surface area (Å²) in [4.78, 5) is 32.1. The van der Waals surface area contributed by atoms with E-state index in [4.69, 9.17) is 0 Å². The number of nitrogens with one attached hydrogen (secondary N) is 2. The zero-order valence-electron chi connectivity index (χ0n) is 13.3. The minimum absolute atomic E-state index is 0.0193. The van der Waals surface area contributed by atoms with Gasteiger partial charge in [-0.1, -0.05) is 20.8 Å². The number of carbonyl (C=O) groups excluding carboxylic acids is 1. The summed E-state index contributed by atoms with van der Waals surface area (Å²) in [6.45, 7) is 8.01. The molecule has 120 valence electrons. The Hall–Kier alpha value is -2.48. The predicted molar refractivity (Wildman–Crippen MR) is 89.3 cm³/mol. The van der Waals surface area contributed by atoms with E-state index in [0.717, 1.165) is 4.88 Å². The number of amides is 1. The third-order valence-corrected chi connectivity index (χ3v) is 4.63. The van der Waals surface area contributed by atoms with Crippen LogP contribution in [0, 0.1) is 6.92 Å². The number of carbonyl (C=O) groups is 1. The van der Waals surface area contributed by atoms with Gasteiger partial charge >= 0.3 is 0 Å². The van der Waals surface area contributed by atoms with Gasteiger partial charge in [-0.2, -0.15) is 5.10 Å². The van der Waals surface area contributed by atoms with Crippen LogP contribution in [-0.4, -0.2) is 25.5 Å². The lowest BCUT2D eigenvalue weighted by Crippen LogP contribution is -2.12. The Morgan fingerprint density at radius 1 is 1.39 bits per heavy atom. The van der Waals surface area contributed by atoms with Gasteiger partial charge in [0.25, 0.3) is 11.5 Å². The average molecular weight is 331 g/mol. The predicted octanol–water partition coefficient (Wildman–Crippen LogP) is 2.34. The molecule has 0 radical (unpaired) electrons. The molecular formula is C15H17N5O2S. The molecule has 0 saturated carbocycles. The smallest absolute Gasteiger partial charge is 0.277 e. The van der Waals surface area contributed by atoms with Gasteiger partial charge < -0.3 is 4.98 Å². The van der Waals surface area contributed by atoms with Gasteiger partial charge in [-0.05, 0) is 12.3 Å². The highest BCUT2D eigenvalue weighted by Crippen LogP contribution is 2.30. The van der Waals surface area contributed by atoms with Crippen LogP contribution in [0.3, 0.4) is 0 Å². The van der Waals surface area contributed by atoms with Gasteiger partial charge in [0.1, 0.15) is 5.52 Å². The fourth-order valence-electron chi connectivity index (χ4n) is 2.07. The van der Waals surface area contributed by atoms with Crippen LogP contribution in [0.4, 0.5) is 5.13 Å². The highest BCUT2D eigenvalue weighted by Gasteiger charge is 2.19. The molecule has 3 aromatic rings. The molecule has 0 aliphatic heterocycles. The minimum Gasteiger partial charge on any atom is -0.323 e. The van der Waals surface area contributed by atoms with Crippen LogP contribution in [0.5, 0.6) is 0 Å². The quantitative estimate of drug-likeness (QED) is 0.754. The number of hydrogen-bond donors (Lipinski definition) is 2. The molecule has 3 aromatic heterocycles. The molecule has 23 heavy (non-hydrogen) atoms. The SMILES string of the molecule is Cc1cn2nc(C(=O)Nc3ncc(C(C)(C)C)s3)cc2c(=O)[nH]1. The molecule has 0 aromatic carbocycles. The molecule has 0 saturated heterocycles. The van der Waals surface area contributed by atoms with Gasteiger partial charge in [-0.25, -0.2) is 9.50 Å². The van der Waals surface area contributed by atoms with E-state index in [-0.39, 0.29) is 22.6 Å². The van der Waals surface area contributed by atoms with Crippen molar-refractivity contribution < 1.29 is 4.79 Å². The molecule has 1 amide bonds. The molecular weight excluding hydrogens is 314 g/mol. The monoisotopic (exact) mass is 331 g/mol. The molecule has 3 rings (SSSR count). The zero-order valence-corrected chi connectivity index (χ0v) is 14.1. The van der Waals surface area contributed by atoms with E-state index < -0.39 is 0 Å². The number of nitrogens with zero attached hydrogens (tertiary/aromatic N) is 3. The minimum atomic E-state index is -0.388. The fourth-order valence-corrected chi connectivity index (χ4v) is 2.94. The first kappa shape index (κ1) is 15.4. The Balaban J connectivity index is 1.88. The van der Waals surface area contributed by atoms with E-state index in [1.165, 1.54) is 21.9 Å². The largest absolute Gasteiger partial charge is 0.323 e. The van der Waals surface area contributed by atoms with Crippen LogP contribution >= 0.6 is 11.3 Å². The molecule has 0 aliphatic rings. The number of rotatable bonds is 2. The first-order valence-corrected chi connectivity index (χ1v) is 7.92. The topological polar surface area (TPSA) is 92.2 Å². The molecule has 3 heterocycles. The van der Waals surface area contributed by atoms with Crippen molar-refractivity contribution in [2.45, 2.75) is 33.1 Å². The van der Waals surface area contributed by atoms with Gasteiger partial charge in [0, 0.05) is 29.0 Å². The summed E-state index contributed by atoms with van der Waals surface area (Å²) < 4.78 is 1.41. The van der Waals surface area contributed by atoms with E-state index in [0.29, 0.717) is 16.3 Å². The molecule has 0 spiro atoms. The Labute approximate surface area is 136 Å². The van der Waals surface area contributed by atoms with Crippen LogP contribution in [0.1, 0.15) is 41.8 Å². The van der Waals surface area contributed by atoms with E-state index in [2.05, 4.69) is 41.2 Å². The standard InChI is InChI=1S/C15H17N5O2S/c1-8-7-20-10(13(22)17-8)5-9(19-20)12(21)18-14-16-6-11(23-14)15(2,3)4/h5-7H,1-4H3,(H,17,22)(H,16,18,21). The second-order valence-electron chi connectivity index (χ2n) is 6.36. The maximum atomic E-state index is 12.3. The van der Waals surface area contributed by atoms with E-state index >= 15 is 0 Å². The van der Waals surface area contributed by atoms with Gasteiger partial charge in [0.05, 0.1) is 0 Å². The molecule has 0 atom stereocenters. The third-order valence-electron chi connectivity index (χ3n) is 3.29. The second-order valence-corrected chi connectivity index (χ2v) is 7.39. The van der Waals surface area contributed by atoms with Crippen LogP contribution in [-0.2, 0) is 5.41 Å². The van der Waals surface area contributed by atoms with Gasteiger partial charge in [-0.3, -0.25) is 14.9 Å². The Morgan fingerprint density at radius 3 is 2.78 bits per heavy atom. The normalized spacial score (nSPS) is 11.8. The third kappa shape index (κ3) is 3.02. The number of aromatic amines is 1. The number of fused-ring (bicyclic) bond motifs is 1. The lowest BCUT2D eigenvalue weighted by atomic mass is 9.96. The molecule has 8 heteroatoms. The van der Waals surface area contributed by atoms with Crippen LogP contribution in [0.25, 0.3) is 5.52 Å². The Kier molecular flexibility index (Phi) is 3.56. The van der Waals surface area contributed by atoms with E-state index in [9.17, 15) is 9.59 Å². The van der Waals surface area contributed by atoms with E-state index in [1.807, 2.05) is 0 Å². The van der Waals surface area contributed by atoms with Crippen molar-refractivity contribution in [3.8, 4) is 0 Å². The Morgan fingerprint density at radius 2 is 2.13 bits per heavy atom. The number of thiazole rings is 1. The lowest BCUT2D eigenvalue weighted by molar-refractivity contribution is 0.102. The van der Waals surface area contributed by atoms with Crippen molar-refractivity contribution >= 4 is 27.9 Å². The highest BCUT2D eigenvalue weighted by atomic mass is 32.1. The number of aromatic nitrogens is 4. The molecule has 0 bridgehead atoms. The lowest BCUT2D eigenvalue weighted by Gasteiger charge is -2.14. The molecule has 2 N–H and O–H groups in total. The summed E-state index contributed by atoms with van der Waals surface area (Å²) in [5.74, 6) is -0.388. The number of hydrogen-bond acceptors (Lipinski definition) is 5. The number of aryl methyl sites for hydroxylation is 1. The van der Waals surface area contributed by atoms with Crippen molar-refractivity contribution in [1.82, 2.24) is 19.6 Å². The van der Waals surface area contributed by atoms with E-state index in [1.54, 1.807) is 19.3 Å². The Bertz CT molecular complexity index is 945. The first-order valence-electron chi connectivity index (χ1n) is 7.11. The van der Waals surface area contributed by atoms with Crippen molar-refractivity contribution in [2.75, 3.05) is 5.32 Å². The van der Waals surface area contributed by atoms with Crippen LogP contribution in [0.2, 0.25) is 0 Å². The molecule has 7 nitrogen and oxygen atoms in total. The van der Waals surface area contributed by atoms with Crippen LogP contribution < -0.4 is 10.9 Å². The summed E-state index contributed by atoms with van der Waals surface area (Å²) >= 11 is 1.43. The summed E-state index contributed by atoms with van der Waals surface area (Å²) in [6.07, 6.45) is 3.42. The summed E-state index contributed by atoms with van der Waals surface area (Å²) in [7, 11) is 0. The van der Waals surface area contributed by atoms with Crippen LogP contribution in [0.15, 0.2) is 23.3 Å². The van der Waals surface area contributed by atoms with Crippen molar-refractivity contribution in [3.05, 3.63) is 45.1 Å². The summed E-state index contributed by atoms with van der Waals surface area (Å²) in [5.41, 5.74) is 0.881. The first-order chi connectivity index (χ1) is 10.7. The molecule has 0 unspecified atom stereocenters. The van der Waals surface area contributed by atoms with Crippen molar-refractivity contribution in [3.63, 3.8) is 0 Å². The zero-order chi connectivity index (χ0) is 16.8. The fraction of sp³-hybridized carbons (Fsp3) is 0.333. The number of H-pyrrole nitrogens is 1. The average Bonchev–Trinajstić information content (AvgIpc) is 3.04. The highest BCUT2D eigenvalue weighted by molar-refractivity contribution is 7.15. The molecule has 0 aliphatic carbocycles. The number of anilines is 1. The summed E-state index contributed by atoms with van der Waals surface area (Å²) in [6, 6.07) is 1.46. The van der Waals surface area contributed by atoms with Gasteiger partial charge in [0.15, 0.2) is 10.8 Å².